The van der Waals surface area contributed by atoms with Crippen LogP contribution >= 0.6 is 0 Å². The molecule has 3 heterocycles. The molecule has 0 aromatic carbocycles. The fourth-order valence-corrected chi connectivity index (χ4v) is 5.82. The summed E-state index contributed by atoms with van der Waals surface area (Å²) in [6.45, 7) is 3.66. The van der Waals surface area contributed by atoms with E-state index in [9.17, 15) is 27.9 Å². The van der Waals surface area contributed by atoms with Gasteiger partial charge in [-0.3, -0.25) is 14.6 Å². The van der Waals surface area contributed by atoms with Gasteiger partial charge in [0.25, 0.3) is 11.8 Å². The summed E-state index contributed by atoms with van der Waals surface area (Å²) in [7, 11) is -3.94. The number of carbonyl (C=O) groups excluding carboxylic acids is 2. The molecule has 2 saturated heterocycles. The Balaban J connectivity index is 1.79. The van der Waals surface area contributed by atoms with Crippen molar-refractivity contribution in [3.05, 3.63) is 35.2 Å². The summed E-state index contributed by atoms with van der Waals surface area (Å²) < 4.78 is 24.1. The molecule has 0 saturated carbocycles. The maximum atomic E-state index is 12.8. The van der Waals surface area contributed by atoms with Gasteiger partial charge in [0.05, 0.1) is 16.8 Å². The number of unbranched alkanes of at least 4 members (excludes halogenated alkanes) is 1. The molecule has 2 aliphatic heterocycles. The lowest BCUT2D eigenvalue weighted by Gasteiger charge is -2.37. The van der Waals surface area contributed by atoms with Crippen LogP contribution in [0.3, 0.4) is 0 Å². The average molecular weight is 436 g/mol. The molecule has 30 heavy (non-hydrogen) atoms. The zero-order chi connectivity index (χ0) is 22.3. The Morgan fingerprint density at radius 2 is 2.03 bits per heavy atom. The molecule has 0 bridgehead atoms. The van der Waals surface area contributed by atoms with Gasteiger partial charge in [-0.05, 0) is 51.4 Å². The molecule has 2 amide bonds. The minimum atomic E-state index is -3.94. The van der Waals surface area contributed by atoms with E-state index < -0.39 is 37.9 Å². The van der Waals surface area contributed by atoms with Crippen LogP contribution in [0, 0.1) is 0 Å². The van der Waals surface area contributed by atoms with E-state index in [1.807, 2.05) is 0 Å². The number of rotatable bonds is 7. The van der Waals surface area contributed by atoms with Crippen LogP contribution < -0.4 is 11.1 Å². The van der Waals surface area contributed by atoms with E-state index >= 15 is 0 Å². The number of hydrogen-bond donors (Lipinski definition) is 3. The Hall–Kier alpha value is -2.79. The topological polar surface area (TPSA) is 160 Å². The zero-order valence-corrected chi connectivity index (χ0v) is 17.5. The second-order valence-electron chi connectivity index (χ2n) is 7.78. The number of β-lactam (4-membered cyclic amide) rings is 1. The number of fused-ring (bicyclic) bond motifs is 1. The summed E-state index contributed by atoms with van der Waals surface area (Å²) in [5.74, 6) is -2.31. The van der Waals surface area contributed by atoms with Gasteiger partial charge < -0.3 is 21.1 Å². The molecule has 1 aromatic heterocycles. The van der Waals surface area contributed by atoms with Crippen molar-refractivity contribution in [3.63, 3.8) is 0 Å². The van der Waals surface area contributed by atoms with E-state index in [1.165, 1.54) is 38.3 Å². The fraction of sp³-hybridized carbons (Fsp3) is 0.474. The van der Waals surface area contributed by atoms with Crippen molar-refractivity contribution >= 4 is 33.7 Å². The molecule has 0 spiro atoms. The number of aliphatic carboxylic acids is 1. The van der Waals surface area contributed by atoms with Gasteiger partial charge in [0.1, 0.15) is 4.75 Å². The van der Waals surface area contributed by atoms with E-state index in [4.69, 9.17) is 5.73 Å². The third-order valence-corrected chi connectivity index (χ3v) is 8.23. The molecule has 162 valence electrons. The number of sulfone groups is 1. The van der Waals surface area contributed by atoms with Crippen LogP contribution in [0.5, 0.6) is 0 Å². The number of carboxylic acid groups (broad SMARTS) is 1. The van der Waals surface area contributed by atoms with E-state index in [0.29, 0.717) is 24.3 Å². The number of carboxylic acids is 1. The Bertz CT molecular complexity index is 1020. The SMILES string of the molecule is CC1(C)[C@H](C(=O)O)N2C(=O)/C(=C/c3ccc(C(=O)NCCCCN)cn3)C2S1(=O)=O. The predicted octanol–water partition coefficient (Wildman–Crippen LogP) is -0.238. The van der Waals surface area contributed by atoms with Crippen molar-refractivity contribution in [3.8, 4) is 0 Å². The van der Waals surface area contributed by atoms with E-state index in [0.717, 1.165) is 17.7 Å². The van der Waals surface area contributed by atoms with Crippen molar-refractivity contribution in [1.29, 1.82) is 0 Å². The molecule has 4 N–H and O–H groups in total. The molecular weight excluding hydrogens is 412 g/mol. The number of carbonyl (C=O) groups is 3. The van der Waals surface area contributed by atoms with Crippen molar-refractivity contribution in [1.82, 2.24) is 15.2 Å². The molecule has 3 rings (SSSR count). The smallest absolute Gasteiger partial charge is 0.328 e. The minimum Gasteiger partial charge on any atom is -0.480 e. The molecule has 2 fully saturated rings. The standard InChI is InChI=1S/C19H24N4O6S/c1-19(2)14(18(26)27)23-16(25)13(17(23)30(19,28)29)9-12-6-5-11(10-22-12)15(24)21-8-4-3-7-20/h5-6,9-10,14,17H,3-4,7-8,20H2,1-2H3,(H,21,24)(H,26,27)/b13-9-/t14-,17?/m0/s1. The molecule has 1 unspecified atom stereocenters. The summed E-state index contributed by atoms with van der Waals surface area (Å²) in [5.41, 5.74) is 6.00. The number of nitrogens with two attached hydrogens (primary N) is 1. The lowest BCUT2D eigenvalue weighted by molar-refractivity contribution is -0.152. The number of hydrogen-bond acceptors (Lipinski definition) is 7. The highest BCUT2D eigenvalue weighted by Crippen LogP contribution is 2.48. The van der Waals surface area contributed by atoms with Crippen molar-refractivity contribution < 1.29 is 27.9 Å². The van der Waals surface area contributed by atoms with E-state index in [1.54, 1.807) is 0 Å². The van der Waals surface area contributed by atoms with Gasteiger partial charge in [0, 0.05) is 12.7 Å². The fourth-order valence-electron chi connectivity index (χ4n) is 3.70. The van der Waals surface area contributed by atoms with Gasteiger partial charge >= 0.3 is 5.97 Å². The molecule has 10 nitrogen and oxygen atoms in total. The van der Waals surface area contributed by atoms with Crippen molar-refractivity contribution in [2.24, 2.45) is 5.73 Å². The zero-order valence-electron chi connectivity index (χ0n) is 16.7. The second-order valence-corrected chi connectivity index (χ2v) is 10.4. The number of pyridine rings is 1. The predicted molar refractivity (Wildman–Crippen MR) is 108 cm³/mol. The van der Waals surface area contributed by atoms with Crippen LogP contribution in [0.15, 0.2) is 23.9 Å². The van der Waals surface area contributed by atoms with Gasteiger partial charge in [-0.25, -0.2) is 13.2 Å². The first-order valence-corrected chi connectivity index (χ1v) is 11.0. The van der Waals surface area contributed by atoms with Gasteiger partial charge in [0.15, 0.2) is 21.3 Å². The summed E-state index contributed by atoms with van der Waals surface area (Å²) >= 11 is 0. The monoisotopic (exact) mass is 436 g/mol. The Labute approximate surface area is 174 Å². The molecular formula is C19H24N4O6S. The Morgan fingerprint density at radius 3 is 2.60 bits per heavy atom. The van der Waals surface area contributed by atoms with Crippen LogP contribution in [0.2, 0.25) is 0 Å². The minimum absolute atomic E-state index is 0.0293. The van der Waals surface area contributed by atoms with E-state index in [2.05, 4.69) is 10.3 Å². The highest BCUT2D eigenvalue weighted by atomic mass is 32.2. The first-order valence-electron chi connectivity index (χ1n) is 9.49. The van der Waals surface area contributed by atoms with Crippen LogP contribution in [-0.2, 0) is 19.4 Å². The van der Waals surface area contributed by atoms with Crippen molar-refractivity contribution in [2.75, 3.05) is 13.1 Å². The molecule has 11 heteroatoms. The molecule has 1 aromatic rings. The van der Waals surface area contributed by atoms with Gasteiger partial charge in [0.2, 0.25) is 0 Å². The highest BCUT2D eigenvalue weighted by molar-refractivity contribution is 7.94. The summed E-state index contributed by atoms with van der Waals surface area (Å²) in [6.07, 6.45) is 4.23. The van der Waals surface area contributed by atoms with Crippen LogP contribution in [-0.4, -0.2) is 70.4 Å². The Morgan fingerprint density at radius 1 is 1.33 bits per heavy atom. The lowest BCUT2D eigenvalue weighted by Crippen LogP contribution is -2.58. The average Bonchev–Trinajstić information content (AvgIpc) is 2.83. The molecule has 0 aliphatic carbocycles. The maximum absolute atomic E-state index is 12.8. The second kappa shape index (κ2) is 7.80. The van der Waals surface area contributed by atoms with Crippen LogP contribution in [0.1, 0.15) is 42.7 Å². The molecule has 0 radical (unpaired) electrons. The number of nitrogens with one attached hydrogen (secondary N) is 1. The van der Waals surface area contributed by atoms with E-state index in [-0.39, 0.29) is 11.5 Å². The lowest BCUT2D eigenvalue weighted by atomic mass is 9.95. The third-order valence-electron chi connectivity index (χ3n) is 5.47. The molecule has 2 atom stereocenters. The van der Waals surface area contributed by atoms with Gasteiger partial charge in [-0.15, -0.1) is 0 Å². The molecule has 2 aliphatic rings. The third kappa shape index (κ3) is 3.37. The first kappa shape index (κ1) is 21.9. The highest BCUT2D eigenvalue weighted by Gasteiger charge is 2.70. The van der Waals surface area contributed by atoms with Crippen LogP contribution in [0.4, 0.5) is 0 Å². The summed E-state index contributed by atoms with van der Waals surface area (Å²) in [4.78, 5) is 41.2. The Kier molecular flexibility index (Phi) is 5.70. The van der Waals surface area contributed by atoms with Gasteiger partial charge in [-0.2, -0.15) is 0 Å². The summed E-state index contributed by atoms with van der Waals surface area (Å²) in [6, 6.07) is 1.57. The van der Waals surface area contributed by atoms with Crippen LogP contribution in [0.25, 0.3) is 6.08 Å². The number of amides is 2. The largest absolute Gasteiger partial charge is 0.480 e. The number of aromatic nitrogens is 1. The normalized spacial score (nSPS) is 25.0. The maximum Gasteiger partial charge on any atom is 0.328 e. The van der Waals surface area contributed by atoms with Gasteiger partial charge in [-0.1, -0.05) is 0 Å². The quantitative estimate of drug-likeness (QED) is 0.300. The first-order chi connectivity index (χ1) is 14.0. The summed E-state index contributed by atoms with van der Waals surface area (Å²) in [5, 5.41) is 10.9. The number of nitrogens with zero attached hydrogens (tertiary/aromatic N) is 2. The van der Waals surface area contributed by atoms with Crippen molar-refractivity contribution in [2.45, 2.75) is 42.9 Å².